The van der Waals surface area contributed by atoms with Crippen molar-refractivity contribution in [3.8, 4) is 0 Å². The van der Waals surface area contributed by atoms with E-state index in [1.807, 2.05) is 0 Å². The van der Waals surface area contributed by atoms with Gasteiger partial charge in [-0.1, -0.05) is 77.6 Å². The summed E-state index contributed by atoms with van der Waals surface area (Å²) in [6.07, 6.45) is 18.1. The molecule has 0 saturated carbocycles. The van der Waals surface area contributed by atoms with Crippen LogP contribution in [-0.2, 0) is 0 Å². The Balaban J connectivity index is 3.14. The van der Waals surface area contributed by atoms with Crippen molar-refractivity contribution in [3.05, 3.63) is 0 Å². The molecular weight excluding hydrogens is 260 g/mol. The highest BCUT2D eigenvalue weighted by Gasteiger charge is 2.02. The normalized spacial score (nSPS) is 14.3. The van der Waals surface area contributed by atoms with Crippen LogP contribution in [0, 0.1) is 0 Å². The molecule has 0 aromatic rings. The van der Waals surface area contributed by atoms with E-state index < -0.39 is 6.23 Å². The lowest BCUT2D eigenvalue weighted by Gasteiger charge is -2.11. The number of unbranched alkanes of at least 4 members (excludes halogenated alkanes) is 10. The summed E-state index contributed by atoms with van der Waals surface area (Å²) in [6, 6.07) is 0.409. The Morgan fingerprint density at radius 1 is 0.619 bits per heavy atom. The molecule has 0 aliphatic carbocycles. The Hall–Kier alpha value is -0.120. The minimum atomic E-state index is -0.625. The fourth-order valence-corrected chi connectivity index (χ4v) is 2.80. The van der Waals surface area contributed by atoms with E-state index in [1.165, 1.54) is 83.5 Å². The maximum Gasteiger partial charge on any atom is 0.102 e. The molecule has 3 nitrogen and oxygen atoms in total. The van der Waals surface area contributed by atoms with Crippen molar-refractivity contribution < 1.29 is 5.11 Å². The Morgan fingerprint density at radius 3 is 1.43 bits per heavy atom. The summed E-state index contributed by atoms with van der Waals surface area (Å²) in [4.78, 5) is 0. The van der Waals surface area contributed by atoms with Crippen molar-refractivity contribution in [1.29, 1.82) is 0 Å². The Kier molecular flexibility index (Phi) is 16.2. The van der Waals surface area contributed by atoms with Crippen molar-refractivity contribution >= 4 is 0 Å². The molecule has 0 rings (SSSR count). The first-order chi connectivity index (χ1) is 10.2. The van der Waals surface area contributed by atoms with Gasteiger partial charge in [0, 0.05) is 6.04 Å². The van der Waals surface area contributed by atoms with Gasteiger partial charge in [-0.15, -0.1) is 0 Å². The highest BCUT2D eigenvalue weighted by Crippen LogP contribution is 2.13. The lowest BCUT2D eigenvalue weighted by Crippen LogP contribution is -2.19. The zero-order chi connectivity index (χ0) is 15.8. The van der Waals surface area contributed by atoms with Gasteiger partial charge >= 0.3 is 0 Å². The molecule has 0 aliphatic rings. The van der Waals surface area contributed by atoms with Gasteiger partial charge in [0.1, 0.15) is 6.23 Å². The van der Waals surface area contributed by atoms with E-state index in [1.54, 1.807) is 0 Å². The first kappa shape index (κ1) is 20.9. The summed E-state index contributed by atoms with van der Waals surface area (Å²) < 4.78 is 0. The summed E-state index contributed by atoms with van der Waals surface area (Å²) in [7, 11) is 0. The number of aliphatic hydroxyl groups excluding tert-OH is 1. The third kappa shape index (κ3) is 17.8. The highest BCUT2D eigenvalue weighted by atomic mass is 16.3. The molecule has 0 aliphatic heterocycles. The molecule has 0 saturated heterocycles. The molecule has 2 unspecified atom stereocenters. The molecule has 21 heavy (non-hydrogen) atoms. The number of hydrogen-bond acceptors (Lipinski definition) is 3. The van der Waals surface area contributed by atoms with E-state index >= 15 is 0 Å². The van der Waals surface area contributed by atoms with E-state index in [2.05, 4.69) is 6.92 Å². The van der Waals surface area contributed by atoms with Crippen molar-refractivity contribution in [1.82, 2.24) is 0 Å². The number of nitrogens with two attached hydrogens (primary N) is 2. The summed E-state index contributed by atoms with van der Waals surface area (Å²) in [5.41, 5.74) is 11.5. The standard InChI is InChI=1S/C18H40N2O/c1-2-3-4-5-6-8-11-14-17(19)15-12-9-7-10-13-16-18(20)21/h17-18,21H,2-16,19-20H2,1H3. The minimum absolute atomic E-state index is 0.409. The summed E-state index contributed by atoms with van der Waals surface area (Å²) in [5, 5.41) is 8.95. The highest BCUT2D eigenvalue weighted by molar-refractivity contribution is 4.62. The molecule has 5 N–H and O–H groups in total. The average Bonchev–Trinajstić information content (AvgIpc) is 2.45. The maximum absolute atomic E-state index is 8.95. The first-order valence-electron chi connectivity index (χ1n) is 9.36. The van der Waals surface area contributed by atoms with E-state index in [4.69, 9.17) is 16.6 Å². The molecule has 0 amide bonds. The van der Waals surface area contributed by atoms with Gasteiger partial charge < -0.3 is 16.6 Å². The van der Waals surface area contributed by atoms with Crippen LogP contribution in [0.1, 0.15) is 103 Å². The molecule has 0 spiro atoms. The van der Waals surface area contributed by atoms with Crippen LogP contribution < -0.4 is 11.5 Å². The SMILES string of the molecule is CCCCCCCCCC(N)CCCCCCCC(N)O. The Bertz CT molecular complexity index is 198. The van der Waals surface area contributed by atoms with Crippen molar-refractivity contribution in [2.24, 2.45) is 11.5 Å². The fraction of sp³-hybridized carbons (Fsp3) is 1.00. The second-order valence-electron chi connectivity index (χ2n) is 6.58. The molecule has 0 aromatic carbocycles. The van der Waals surface area contributed by atoms with Crippen LogP contribution in [0.25, 0.3) is 0 Å². The summed E-state index contributed by atoms with van der Waals surface area (Å²) in [5.74, 6) is 0. The molecule has 128 valence electrons. The zero-order valence-corrected chi connectivity index (χ0v) is 14.4. The van der Waals surface area contributed by atoms with Gasteiger partial charge in [-0.25, -0.2) is 0 Å². The van der Waals surface area contributed by atoms with E-state index in [0.29, 0.717) is 6.04 Å². The van der Waals surface area contributed by atoms with Gasteiger partial charge in [0.15, 0.2) is 0 Å². The second-order valence-corrected chi connectivity index (χ2v) is 6.58. The number of hydrogen-bond donors (Lipinski definition) is 3. The van der Waals surface area contributed by atoms with Gasteiger partial charge in [0.25, 0.3) is 0 Å². The topological polar surface area (TPSA) is 72.3 Å². The predicted molar refractivity (Wildman–Crippen MR) is 93.1 cm³/mol. The second kappa shape index (κ2) is 16.3. The van der Waals surface area contributed by atoms with Crippen LogP contribution in [0.3, 0.4) is 0 Å². The molecule has 2 atom stereocenters. The van der Waals surface area contributed by atoms with E-state index in [9.17, 15) is 0 Å². The lowest BCUT2D eigenvalue weighted by molar-refractivity contribution is 0.168. The van der Waals surface area contributed by atoms with Gasteiger partial charge in [-0.2, -0.15) is 0 Å². The summed E-state index contributed by atoms with van der Waals surface area (Å²) in [6.45, 7) is 2.26. The fourth-order valence-electron chi connectivity index (χ4n) is 2.80. The lowest BCUT2D eigenvalue weighted by atomic mass is 10.0. The van der Waals surface area contributed by atoms with Crippen molar-refractivity contribution in [2.75, 3.05) is 0 Å². The van der Waals surface area contributed by atoms with Crippen molar-refractivity contribution in [3.63, 3.8) is 0 Å². The van der Waals surface area contributed by atoms with Crippen LogP contribution in [0.5, 0.6) is 0 Å². The smallest absolute Gasteiger partial charge is 0.102 e. The van der Waals surface area contributed by atoms with Crippen LogP contribution in [0.15, 0.2) is 0 Å². The molecule has 0 fully saturated rings. The van der Waals surface area contributed by atoms with Gasteiger partial charge in [-0.3, -0.25) is 0 Å². The number of rotatable bonds is 16. The van der Waals surface area contributed by atoms with Gasteiger partial charge in [0.05, 0.1) is 0 Å². The largest absolute Gasteiger partial charge is 0.379 e. The maximum atomic E-state index is 8.95. The first-order valence-corrected chi connectivity index (χ1v) is 9.36. The van der Waals surface area contributed by atoms with Crippen LogP contribution in [0.2, 0.25) is 0 Å². The molecule has 3 heteroatoms. The van der Waals surface area contributed by atoms with Crippen LogP contribution in [-0.4, -0.2) is 17.4 Å². The van der Waals surface area contributed by atoms with Gasteiger partial charge in [-0.05, 0) is 25.7 Å². The van der Waals surface area contributed by atoms with E-state index in [0.717, 1.165) is 12.8 Å². The monoisotopic (exact) mass is 300 g/mol. The minimum Gasteiger partial charge on any atom is -0.379 e. The van der Waals surface area contributed by atoms with E-state index in [-0.39, 0.29) is 0 Å². The third-order valence-corrected chi connectivity index (χ3v) is 4.25. The van der Waals surface area contributed by atoms with Gasteiger partial charge in [0.2, 0.25) is 0 Å². The number of aliphatic hydroxyl groups is 1. The molecule has 0 heterocycles. The zero-order valence-electron chi connectivity index (χ0n) is 14.4. The quantitative estimate of drug-likeness (QED) is 0.291. The third-order valence-electron chi connectivity index (χ3n) is 4.25. The predicted octanol–water partition coefficient (Wildman–Crippen LogP) is 4.46. The summed E-state index contributed by atoms with van der Waals surface area (Å²) >= 11 is 0. The molecule has 0 aromatic heterocycles. The average molecular weight is 301 g/mol. The Morgan fingerprint density at radius 2 is 1.00 bits per heavy atom. The molecule has 0 radical (unpaired) electrons. The molecule has 0 bridgehead atoms. The Labute approximate surface area is 132 Å². The molecular formula is C18H40N2O. The van der Waals surface area contributed by atoms with Crippen molar-refractivity contribution in [2.45, 2.75) is 116 Å². The van der Waals surface area contributed by atoms with Crippen LogP contribution in [0.4, 0.5) is 0 Å². The van der Waals surface area contributed by atoms with Crippen LogP contribution >= 0.6 is 0 Å².